The predicted octanol–water partition coefficient (Wildman–Crippen LogP) is 0.595. The minimum absolute atomic E-state index is 0.0191. The van der Waals surface area contributed by atoms with E-state index in [1.54, 1.807) is 23.9 Å². The van der Waals surface area contributed by atoms with E-state index in [0.717, 1.165) is 5.82 Å². The van der Waals surface area contributed by atoms with Crippen LogP contribution in [-0.2, 0) is 17.9 Å². The molecule has 3 heterocycles. The number of carbonyl (C=O) groups excluding carboxylic acids is 1. The summed E-state index contributed by atoms with van der Waals surface area (Å²) in [5.74, 6) is 1.34. The molecule has 2 aromatic rings. The minimum Gasteiger partial charge on any atom is -0.354 e. The fourth-order valence-electron chi connectivity index (χ4n) is 2.54. The van der Waals surface area contributed by atoms with Gasteiger partial charge < -0.3 is 9.88 Å². The lowest BCUT2D eigenvalue weighted by molar-refractivity contribution is -0.124. The molecule has 0 radical (unpaired) electrons. The molecule has 0 spiro atoms. The molecule has 0 fully saturated rings. The van der Waals surface area contributed by atoms with E-state index in [4.69, 9.17) is 0 Å². The van der Waals surface area contributed by atoms with Crippen molar-refractivity contribution in [2.24, 2.45) is 5.92 Å². The number of hydrogen-bond donors (Lipinski definition) is 1. The summed E-state index contributed by atoms with van der Waals surface area (Å²) in [4.78, 5) is 32.9. The Hall–Kier alpha value is -2.09. The first-order valence-electron chi connectivity index (χ1n) is 7.51. The van der Waals surface area contributed by atoms with Gasteiger partial charge in [0.25, 0.3) is 5.56 Å². The summed E-state index contributed by atoms with van der Waals surface area (Å²) in [5.41, 5.74) is 0.542. The molecule has 1 atom stereocenters. The van der Waals surface area contributed by atoms with Crippen molar-refractivity contribution in [1.29, 1.82) is 0 Å². The van der Waals surface area contributed by atoms with E-state index >= 15 is 0 Å². The van der Waals surface area contributed by atoms with Crippen LogP contribution in [0, 0.1) is 19.8 Å². The van der Waals surface area contributed by atoms with Gasteiger partial charge in [-0.2, -0.15) is 0 Å². The van der Waals surface area contributed by atoms with Crippen molar-refractivity contribution in [3.05, 3.63) is 40.3 Å². The zero-order chi connectivity index (χ0) is 16.4. The first kappa shape index (κ1) is 15.8. The highest BCUT2D eigenvalue weighted by molar-refractivity contribution is 7.99. The van der Waals surface area contributed by atoms with Crippen LogP contribution >= 0.6 is 11.8 Å². The highest BCUT2D eigenvalue weighted by Crippen LogP contribution is 2.24. The molecule has 0 aliphatic carbocycles. The topological polar surface area (TPSA) is 81.8 Å². The maximum absolute atomic E-state index is 12.3. The van der Waals surface area contributed by atoms with Crippen LogP contribution in [0.5, 0.6) is 0 Å². The molecular formula is C15H19N5O2S. The second-order valence-electron chi connectivity index (χ2n) is 5.61. The Labute approximate surface area is 138 Å². The SMILES string of the molecule is Cc1cnc2n(c1=O)CC(C(=O)NCCn1ccnc1C)CS2. The Morgan fingerprint density at radius 1 is 1.43 bits per heavy atom. The lowest BCUT2D eigenvalue weighted by Crippen LogP contribution is -2.41. The first-order valence-corrected chi connectivity index (χ1v) is 8.49. The molecule has 0 saturated heterocycles. The van der Waals surface area contributed by atoms with Gasteiger partial charge in [0.05, 0.1) is 5.92 Å². The number of amides is 1. The summed E-state index contributed by atoms with van der Waals surface area (Å²) in [6.07, 6.45) is 5.23. The molecule has 1 aliphatic heterocycles. The van der Waals surface area contributed by atoms with Crippen LogP contribution in [0.2, 0.25) is 0 Å². The number of fused-ring (bicyclic) bond motifs is 1. The molecule has 0 bridgehead atoms. The zero-order valence-corrected chi connectivity index (χ0v) is 14.0. The van der Waals surface area contributed by atoms with Gasteiger partial charge in [-0.3, -0.25) is 14.2 Å². The zero-order valence-electron chi connectivity index (χ0n) is 13.2. The average molecular weight is 333 g/mol. The standard InChI is InChI=1S/C15H19N5O2S/c1-10-7-18-15-20(14(10)22)8-12(9-23-15)13(21)17-4-6-19-5-3-16-11(19)2/h3,5,7,12H,4,6,8-9H2,1-2H3,(H,17,21). The van der Waals surface area contributed by atoms with E-state index in [2.05, 4.69) is 15.3 Å². The molecule has 23 heavy (non-hydrogen) atoms. The van der Waals surface area contributed by atoms with Crippen molar-refractivity contribution in [3.8, 4) is 0 Å². The summed E-state index contributed by atoms with van der Waals surface area (Å²) in [5, 5.41) is 3.64. The van der Waals surface area contributed by atoms with Crippen molar-refractivity contribution < 1.29 is 4.79 Å². The lowest BCUT2D eigenvalue weighted by Gasteiger charge is -2.24. The maximum Gasteiger partial charge on any atom is 0.257 e. The monoisotopic (exact) mass is 333 g/mol. The van der Waals surface area contributed by atoms with Crippen molar-refractivity contribution in [3.63, 3.8) is 0 Å². The second-order valence-corrected chi connectivity index (χ2v) is 6.59. The minimum atomic E-state index is -0.210. The number of rotatable bonds is 4. The summed E-state index contributed by atoms with van der Waals surface area (Å²) < 4.78 is 3.59. The van der Waals surface area contributed by atoms with Crippen LogP contribution in [-0.4, -0.2) is 37.3 Å². The highest BCUT2D eigenvalue weighted by atomic mass is 32.2. The van der Waals surface area contributed by atoms with Crippen molar-refractivity contribution >= 4 is 17.7 Å². The van der Waals surface area contributed by atoms with E-state index in [0.29, 0.717) is 36.1 Å². The maximum atomic E-state index is 12.3. The molecule has 7 nitrogen and oxygen atoms in total. The van der Waals surface area contributed by atoms with Gasteiger partial charge in [-0.1, -0.05) is 11.8 Å². The fraction of sp³-hybridized carbons (Fsp3) is 0.467. The first-order chi connectivity index (χ1) is 11.1. The number of hydrogen-bond acceptors (Lipinski definition) is 5. The third kappa shape index (κ3) is 3.31. The van der Waals surface area contributed by atoms with Gasteiger partial charge >= 0.3 is 0 Å². The predicted molar refractivity (Wildman–Crippen MR) is 87.4 cm³/mol. The third-order valence-corrected chi connectivity index (χ3v) is 5.10. The fourth-order valence-corrected chi connectivity index (χ4v) is 3.59. The Morgan fingerprint density at radius 3 is 3.00 bits per heavy atom. The Balaban J connectivity index is 1.60. The van der Waals surface area contributed by atoms with Gasteiger partial charge in [-0.05, 0) is 13.8 Å². The number of nitrogens with one attached hydrogen (secondary N) is 1. The van der Waals surface area contributed by atoms with Gasteiger partial charge in [0.2, 0.25) is 5.91 Å². The molecule has 1 N–H and O–H groups in total. The Morgan fingerprint density at radius 2 is 2.26 bits per heavy atom. The smallest absolute Gasteiger partial charge is 0.257 e. The van der Waals surface area contributed by atoms with Gasteiger partial charge in [0.15, 0.2) is 5.16 Å². The number of nitrogens with zero attached hydrogens (tertiary/aromatic N) is 4. The van der Waals surface area contributed by atoms with Crippen LogP contribution < -0.4 is 10.9 Å². The van der Waals surface area contributed by atoms with E-state index in [9.17, 15) is 9.59 Å². The summed E-state index contributed by atoms with van der Waals surface area (Å²) in [7, 11) is 0. The van der Waals surface area contributed by atoms with Crippen LogP contribution in [0.1, 0.15) is 11.4 Å². The van der Waals surface area contributed by atoms with Crippen molar-refractivity contribution in [2.45, 2.75) is 32.1 Å². The number of carbonyl (C=O) groups is 1. The molecule has 1 amide bonds. The summed E-state index contributed by atoms with van der Waals surface area (Å²) in [6, 6.07) is 0. The van der Waals surface area contributed by atoms with Crippen LogP contribution in [0.4, 0.5) is 0 Å². The molecule has 1 unspecified atom stereocenters. The quantitative estimate of drug-likeness (QED) is 0.829. The van der Waals surface area contributed by atoms with Gasteiger partial charge in [0.1, 0.15) is 5.82 Å². The normalized spacial score (nSPS) is 16.9. The second kappa shape index (κ2) is 6.57. The Kier molecular flexibility index (Phi) is 4.51. The third-order valence-electron chi connectivity index (χ3n) is 3.94. The van der Waals surface area contributed by atoms with Gasteiger partial charge in [0, 0.05) is 49.5 Å². The lowest BCUT2D eigenvalue weighted by atomic mass is 10.1. The van der Waals surface area contributed by atoms with Crippen LogP contribution in [0.25, 0.3) is 0 Å². The number of aromatic nitrogens is 4. The number of thioether (sulfide) groups is 1. The molecular weight excluding hydrogens is 314 g/mol. The average Bonchev–Trinajstić information content (AvgIpc) is 2.96. The van der Waals surface area contributed by atoms with E-state index in [-0.39, 0.29) is 17.4 Å². The summed E-state index contributed by atoms with van der Waals surface area (Å²) >= 11 is 1.46. The van der Waals surface area contributed by atoms with Crippen molar-refractivity contribution in [2.75, 3.05) is 12.3 Å². The van der Waals surface area contributed by atoms with Crippen LogP contribution in [0.15, 0.2) is 28.5 Å². The molecule has 2 aromatic heterocycles. The number of imidazole rings is 1. The molecule has 1 aliphatic rings. The Bertz CT molecular complexity index is 782. The number of aryl methyl sites for hydroxylation is 2. The van der Waals surface area contributed by atoms with E-state index in [1.165, 1.54) is 11.8 Å². The van der Waals surface area contributed by atoms with Crippen molar-refractivity contribution in [1.82, 2.24) is 24.4 Å². The van der Waals surface area contributed by atoms with E-state index < -0.39 is 0 Å². The van der Waals surface area contributed by atoms with E-state index in [1.807, 2.05) is 17.7 Å². The largest absolute Gasteiger partial charge is 0.354 e. The van der Waals surface area contributed by atoms with Crippen LogP contribution in [0.3, 0.4) is 0 Å². The summed E-state index contributed by atoms with van der Waals surface area (Å²) in [6.45, 7) is 5.30. The van der Waals surface area contributed by atoms with Gasteiger partial charge in [-0.25, -0.2) is 9.97 Å². The molecule has 0 aromatic carbocycles. The molecule has 122 valence electrons. The molecule has 8 heteroatoms. The molecule has 0 saturated carbocycles. The molecule has 3 rings (SSSR count). The van der Waals surface area contributed by atoms with Gasteiger partial charge in [-0.15, -0.1) is 0 Å². The highest BCUT2D eigenvalue weighted by Gasteiger charge is 2.26.